The van der Waals surface area contributed by atoms with Gasteiger partial charge < -0.3 is 5.11 Å². The first-order valence-electron chi connectivity index (χ1n) is 6.62. The van der Waals surface area contributed by atoms with Gasteiger partial charge in [0.1, 0.15) is 9.84 Å². The third kappa shape index (κ3) is 3.72. The van der Waals surface area contributed by atoms with Gasteiger partial charge in [-0.05, 0) is 25.2 Å². The Morgan fingerprint density at radius 2 is 1.60 bits per heavy atom. The van der Waals surface area contributed by atoms with E-state index in [2.05, 4.69) is 0 Å². The molecule has 0 heterocycles. The summed E-state index contributed by atoms with van der Waals surface area (Å²) in [5.74, 6) is -1.91. The van der Waals surface area contributed by atoms with E-state index in [0.717, 1.165) is 6.26 Å². The Balaban J connectivity index is 3.06. The minimum atomic E-state index is -3.88. The summed E-state index contributed by atoms with van der Waals surface area (Å²) in [6.45, 7) is 3.10. The van der Waals surface area contributed by atoms with Crippen LogP contribution in [0.15, 0.2) is 0 Å². The van der Waals surface area contributed by atoms with E-state index in [-0.39, 0.29) is 6.42 Å². The molecule has 3 unspecified atom stereocenters. The molecule has 20 heavy (non-hydrogen) atoms. The van der Waals surface area contributed by atoms with E-state index in [1.807, 2.05) is 0 Å². The molecule has 0 radical (unpaired) electrons. The first-order valence-corrected chi connectivity index (χ1v) is 10.2. The maximum absolute atomic E-state index is 12.5. The molecule has 1 aliphatic rings. The van der Waals surface area contributed by atoms with Crippen LogP contribution in [0.5, 0.6) is 0 Å². The fourth-order valence-corrected chi connectivity index (χ4v) is 6.55. The van der Waals surface area contributed by atoms with E-state index in [9.17, 15) is 21.6 Å². The Morgan fingerprint density at radius 3 is 2.00 bits per heavy atom. The smallest absolute Gasteiger partial charge is 0.322 e. The summed E-state index contributed by atoms with van der Waals surface area (Å²) in [6.07, 6.45) is 2.39. The third-order valence-electron chi connectivity index (χ3n) is 3.85. The Kier molecular flexibility index (Phi) is 5.23. The van der Waals surface area contributed by atoms with Crippen LogP contribution in [0.4, 0.5) is 0 Å². The Hall–Kier alpha value is -0.630. The number of hydrogen-bond acceptors (Lipinski definition) is 5. The fraction of sp³-hybridized carbons (Fsp3) is 0.917. The predicted octanol–water partition coefficient (Wildman–Crippen LogP) is 0.866. The highest BCUT2D eigenvalue weighted by atomic mass is 32.2. The molecule has 0 aliphatic heterocycles. The molecule has 1 saturated carbocycles. The van der Waals surface area contributed by atoms with Crippen molar-refractivity contribution in [3.8, 4) is 0 Å². The summed E-state index contributed by atoms with van der Waals surface area (Å²) in [7, 11) is -7.18. The van der Waals surface area contributed by atoms with Gasteiger partial charge in [-0.2, -0.15) is 0 Å². The molecule has 0 saturated heterocycles. The lowest BCUT2D eigenvalue weighted by atomic mass is 10.00. The summed E-state index contributed by atoms with van der Waals surface area (Å²) in [6, 6.07) is 0. The molecule has 1 fully saturated rings. The molecular formula is C12H22O6S2. The van der Waals surface area contributed by atoms with Crippen LogP contribution < -0.4 is 0 Å². The van der Waals surface area contributed by atoms with Crippen LogP contribution in [0.2, 0.25) is 0 Å². The van der Waals surface area contributed by atoms with E-state index >= 15 is 0 Å². The van der Waals surface area contributed by atoms with Gasteiger partial charge in [0.15, 0.2) is 15.1 Å². The normalized spacial score (nSPS) is 26.4. The number of sulfone groups is 2. The van der Waals surface area contributed by atoms with E-state index in [1.54, 1.807) is 13.8 Å². The van der Waals surface area contributed by atoms with Gasteiger partial charge in [-0.1, -0.05) is 20.3 Å². The minimum Gasteiger partial charge on any atom is -0.480 e. The molecule has 0 aromatic heterocycles. The monoisotopic (exact) mass is 326 g/mol. The highest BCUT2D eigenvalue weighted by molar-refractivity contribution is 7.93. The van der Waals surface area contributed by atoms with E-state index in [0.29, 0.717) is 19.3 Å². The topological polar surface area (TPSA) is 106 Å². The lowest BCUT2D eigenvalue weighted by molar-refractivity contribution is -0.137. The van der Waals surface area contributed by atoms with Crippen LogP contribution in [0.1, 0.15) is 39.5 Å². The molecule has 6 nitrogen and oxygen atoms in total. The number of aliphatic carboxylic acids is 1. The van der Waals surface area contributed by atoms with E-state index < -0.39 is 47.3 Å². The standard InChI is InChI=1S/C12H22O6S2/c1-8(2)11(12(13)14)20(17,18)10-6-4-5-9(7-10)19(3,15)16/h8-11H,4-7H2,1-3H3,(H,13,14). The van der Waals surface area contributed by atoms with E-state index in [4.69, 9.17) is 5.11 Å². The average Bonchev–Trinajstić information content (AvgIpc) is 2.26. The Morgan fingerprint density at radius 1 is 1.10 bits per heavy atom. The van der Waals surface area contributed by atoms with Gasteiger partial charge in [-0.25, -0.2) is 16.8 Å². The number of rotatable bonds is 5. The largest absolute Gasteiger partial charge is 0.480 e. The van der Waals surface area contributed by atoms with Crippen molar-refractivity contribution in [2.45, 2.75) is 55.3 Å². The Bertz CT molecular complexity index is 561. The predicted molar refractivity (Wildman–Crippen MR) is 76.1 cm³/mol. The van der Waals surface area contributed by atoms with Crippen LogP contribution >= 0.6 is 0 Å². The number of hydrogen-bond donors (Lipinski definition) is 1. The maximum atomic E-state index is 12.5. The average molecular weight is 326 g/mol. The molecule has 1 rings (SSSR count). The van der Waals surface area contributed by atoms with Crippen LogP contribution in [-0.2, 0) is 24.5 Å². The molecule has 0 aromatic carbocycles. The van der Waals surface area contributed by atoms with Gasteiger partial charge in [-0.15, -0.1) is 0 Å². The van der Waals surface area contributed by atoms with Crippen molar-refractivity contribution in [2.75, 3.05) is 6.26 Å². The second-order valence-corrected chi connectivity index (χ2v) is 10.5. The minimum absolute atomic E-state index is 0.0116. The molecule has 0 bridgehead atoms. The van der Waals surface area contributed by atoms with Gasteiger partial charge in [-0.3, -0.25) is 4.79 Å². The molecule has 118 valence electrons. The summed E-state index contributed by atoms with van der Waals surface area (Å²) in [5.41, 5.74) is 0. The number of carbonyl (C=O) groups is 1. The zero-order valence-electron chi connectivity index (χ0n) is 11.9. The first kappa shape index (κ1) is 17.4. The second kappa shape index (κ2) is 6.01. The summed E-state index contributed by atoms with van der Waals surface area (Å²) >= 11 is 0. The van der Waals surface area contributed by atoms with Gasteiger partial charge in [0.2, 0.25) is 0 Å². The lowest BCUT2D eigenvalue weighted by Gasteiger charge is -2.30. The summed E-state index contributed by atoms with van der Waals surface area (Å²) in [5, 5.41) is 6.11. The quantitative estimate of drug-likeness (QED) is 0.803. The zero-order valence-corrected chi connectivity index (χ0v) is 13.6. The van der Waals surface area contributed by atoms with E-state index in [1.165, 1.54) is 0 Å². The van der Waals surface area contributed by atoms with Crippen molar-refractivity contribution in [3.63, 3.8) is 0 Å². The SMILES string of the molecule is CC(C)C(C(=O)O)S(=O)(=O)C1CCCC(S(C)(=O)=O)C1. The molecule has 0 spiro atoms. The third-order valence-corrected chi connectivity index (χ3v) is 8.30. The van der Waals surface area contributed by atoms with Gasteiger partial charge in [0, 0.05) is 6.26 Å². The number of carboxylic acid groups (broad SMARTS) is 1. The maximum Gasteiger partial charge on any atom is 0.322 e. The highest BCUT2D eigenvalue weighted by Crippen LogP contribution is 2.31. The molecule has 0 amide bonds. The van der Waals surface area contributed by atoms with Crippen molar-refractivity contribution in [3.05, 3.63) is 0 Å². The molecule has 3 atom stereocenters. The van der Waals surface area contributed by atoms with Crippen molar-refractivity contribution < 1.29 is 26.7 Å². The highest BCUT2D eigenvalue weighted by Gasteiger charge is 2.44. The first-order chi connectivity index (χ1) is 8.98. The Labute approximate surface area is 120 Å². The van der Waals surface area contributed by atoms with Crippen LogP contribution in [0.25, 0.3) is 0 Å². The fourth-order valence-electron chi connectivity index (χ4n) is 2.80. The van der Waals surface area contributed by atoms with Crippen molar-refractivity contribution in [2.24, 2.45) is 5.92 Å². The summed E-state index contributed by atoms with van der Waals surface area (Å²) in [4.78, 5) is 11.2. The molecular weight excluding hydrogens is 304 g/mol. The molecule has 1 aliphatic carbocycles. The van der Waals surface area contributed by atoms with Gasteiger partial charge >= 0.3 is 5.97 Å². The molecule has 1 N–H and O–H groups in total. The lowest BCUT2D eigenvalue weighted by Crippen LogP contribution is -2.44. The summed E-state index contributed by atoms with van der Waals surface area (Å²) < 4.78 is 48.1. The molecule has 8 heteroatoms. The van der Waals surface area contributed by atoms with Crippen molar-refractivity contribution >= 4 is 25.6 Å². The van der Waals surface area contributed by atoms with Crippen molar-refractivity contribution in [1.82, 2.24) is 0 Å². The van der Waals surface area contributed by atoms with Crippen LogP contribution in [0.3, 0.4) is 0 Å². The van der Waals surface area contributed by atoms with Gasteiger partial charge in [0.05, 0.1) is 10.5 Å². The second-order valence-electron chi connectivity index (χ2n) is 5.83. The number of carboxylic acids is 1. The van der Waals surface area contributed by atoms with Crippen LogP contribution in [-0.4, -0.2) is 49.9 Å². The molecule has 0 aromatic rings. The van der Waals surface area contributed by atoms with Crippen molar-refractivity contribution in [1.29, 1.82) is 0 Å². The van der Waals surface area contributed by atoms with Crippen LogP contribution in [0, 0.1) is 5.92 Å². The van der Waals surface area contributed by atoms with Gasteiger partial charge in [0.25, 0.3) is 0 Å². The zero-order chi connectivity index (χ0) is 15.7.